The van der Waals surface area contributed by atoms with Gasteiger partial charge in [0, 0.05) is 10.4 Å². The molecule has 1 aromatic carbocycles. The van der Waals surface area contributed by atoms with E-state index in [2.05, 4.69) is 37.2 Å². The average Bonchev–Trinajstić information content (AvgIpc) is 2.44. The molecule has 0 aromatic heterocycles. The van der Waals surface area contributed by atoms with Crippen molar-refractivity contribution in [3.63, 3.8) is 0 Å². The van der Waals surface area contributed by atoms with Crippen LogP contribution in [0.5, 0.6) is 0 Å². The topological polar surface area (TPSA) is 72.5 Å². The maximum absolute atomic E-state index is 11.6. The van der Waals surface area contributed by atoms with Crippen LogP contribution in [0.25, 0.3) is 0 Å². The Labute approximate surface area is 139 Å². The van der Waals surface area contributed by atoms with Crippen molar-refractivity contribution in [2.24, 2.45) is 5.92 Å². The number of carbonyl (C=O) groups is 1. The first-order valence-corrected chi connectivity index (χ1v) is 9.20. The lowest BCUT2D eigenvalue weighted by Crippen LogP contribution is -2.31. The van der Waals surface area contributed by atoms with Crippen LogP contribution in [0.1, 0.15) is 24.9 Å². The van der Waals surface area contributed by atoms with Crippen molar-refractivity contribution in [1.82, 2.24) is 4.72 Å². The van der Waals surface area contributed by atoms with Gasteiger partial charge in [-0.25, -0.2) is 13.1 Å². The smallest absolute Gasteiger partial charge is 0.317 e. The van der Waals surface area contributed by atoms with E-state index in [9.17, 15) is 13.2 Å². The molecule has 0 spiro atoms. The molecule has 0 heterocycles. The minimum atomic E-state index is -3.41. The standard InChI is InChI=1S/C15H18BrNO4S/c1-11(7-6-10-14(18)21-2)15(17-22(3,19)20)12-8-4-5-9-13(12)16/h4-5,8-9,11,15,17H,10H2,1-3H3/t11-,15+/m0/s1. The van der Waals surface area contributed by atoms with E-state index >= 15 is 0 Å². The van der Waals surface area contributed by atoms with Gasteiger partial charge in [-0.2, -0.15) is 0 Å². The minimum absolute atomic E-state index is 0.0254. The molecule has 0 fully saturated rings. The van der Waals surface area contributed by atoms with Crippen molar-refractivity contribution < 1.29 is 17.9 Å². The summed E-state index contributed by atoms with van der Waals surface area (Å²) in [5.74, 6) is 4.87. The fourth-order valence-corrected chi connectivity index (χ4v) is 3.16. The second-order valence-electron chi connectivity index (χ2n) is 4.75. The van der Waals surface area contributed by atoms with Gasteiger partial charge >= 0.3 is 5.97 Å². The molecule has 2 atom stereocenters. The van der Waals surface area contributed by atoms with Gasteiger partial charge < -0.3 is 4.74 Å². The highest BCUT2D eigenvalue weighted by molar-refractivity contribution is 9.10. The van der Waals surface area contributed by atoms with E-state index in [4.69, 9.17) is 0 Å². The molecule has 0 amide bonds. The summed E-state index contributed by atoms with van der Waals surface area (Å²) in [5.41, 5.74) is 0.785. The molecule has 22 heavy (non-hydrogen) atoms. The van der Waals surface area contributed by atoms with E-state index in [0.29, 0.717) is 0 Å². The fraction of sp³-hybridized carbons (Fsp3) is 0.400. The first-order chi connectivity index (χ1) is 10.2. The van der Waals surface area contributed by atoms with Crippen LogP contribution in [0.3, 0.4) is 0 Å². The summed E-state index contributed by atoms with van der Waals surface area (Å²) in [6.07, 6.45) is 1.08. The number of benzene rings is 1. The molecule has 0 bridgehead atoms. The first kappa shape index (κ1) is 18.7. The molecule has 1 aromatic rings. The summed E-state index contributed by atoms with van der Waals surface area (Å²) >= 11 is 3.42. The van der Waals surface area contributed by atoms with Crippen LogP contribution in [0.2, 0.25) is 0 Å². The third-order valence-corrected chi connectivity index (χ3v) is 4.28. The Morgan fingerprint density at radius 3 is 2.59 bits per heavy atom. The van der Waals surface area contributed by atoms with E-state index < -0.39 is 22.0 Å². The zero-order valence-corrected chi connectivity index (χ0v) is 15.0. The van der Waals surface area contributed by atoms with Crippen molar-refractivity contribution in [2.45, 2.75) is 19.4 Å². The van der Waals surface area contributed by atoms with Crippen molar-refractivity contribution in [3.05, 3.63) is 34.3 Å². The Balaban J connectivity index is 3.05. The van der Waals surface area contributed by atoms with E-state index in [1.807, 2.05) is 24.3 Å². The van der Waals surface area contributed by atoms with Crippen LogP contribution in [0.15, 0.2) is 28.7 Å². The SMILES string of the molecule is COC(=O)CC#C[C@H](C)[C@@H](NS(C)(=O)=O)c1ccccc1Br. The summed E-state index contributed by atoms with van der Waals surface area (Å²) in [6.45, 7) is 1.80. The van der Waals surface area contributed by atoms with Gasteiger partial charge in [0.05, 0.1) is 19.4 Å². The zero-order valence-electron chi connectivity index (χ0n) is 12.6. The quantitative estimate of drug-likeness (QED) is 0.620. The molecule has 7 heteroatoms. The van der Waals surface area contributed by atoms with Gasteiger partial charge in [0.25, 0.3) is 0 Å². The van der Waals surface area contributed by atoms with Crippen LogP contribution in [-0.4, -0.2) is 27.8 Å². The predicted octanol–water partition coefficient (Wildman–Crippen LogP) is 2.24. The lowest BCUT2D eigenvalue weighted by molar-refractivity contribution is -0.139. The molecule has 5 nitrogen and oxygen atoms in total. The van der Waals surface area contributed by atoms with E-state index in [1.54, 1.807) is 6.92 Å². The first-order valence-electron chi connectivity index (χ1n) is 6.51. The lowest BCUT2D eigenvalue weighted by Gasteiger charge is -2.22. The van der Waals surface area contributed by atoms with Crippen LogP contribution in [0, 0.1) is 17.8 Å². The molecule has 1 N–H and O–H groups in total. The summed E-state index contributed by atoms with van der Waals surface area (Å²) < 4.78 is 31.1. The third-order valence-electron chi connectivity index (χ3n) is 2.87. The van der Waals surface area contributed by atoms with Gasteiger partial charge in [0.1, 0.15) is 6.42 Å². The molecule has 0 aliphatic heterocycles. The number of methoxy groups -OCH3 is 1. The molecule has 0 aliphatic rings. The largest absolute Gasteiger partial charge is 0.468 e. The molecule has 1 rings (SSSR count). The molecular formula is C15H18BrNO4S. The predicted molar refractivity (Wildman–Crippen MR) is 88.4 cm³/mol. The average molecular weight is 388 g/mol. The molecule has 0 unspecified atom stereocenters. The molecule has 0 radical (unpaired) electrons. The lowest BCUT2D eigenvalue weighted by atomic mass is 9.96. The van der Waals surface area contributed by atoms with Gasteiger partial charge in [-0.1, -0.05) is 46.0 Å². The maximum Gasteiger partial charge on any atom is 0.317 e. The molecule has 0 aliphatic carbocycles. The van der Waals surface area contributed by atoms with Gasteiger partial charge in [0.15, 0.2) is 0 Å². The van der Waals surface area contributed by atoms with Gasteiger partial charge in [-0.05, 0) is 18.6 Å². The number of ether oxygens (including phenoxy) is 1. The summed E-state index contributed by atoms with van der Waals surface area (Å²) in [6, 6.07) is 6.81. The summed E-state index contributed by atoms with van der Waals surface area (Å²) in [4.78, 5) is 11.1. The number of halogens is 1. The second-order valence-corrected chi connectivity index (χ2v) is 7.39. The van der Waals surface area contributed by atoms with Gasteiger partial charge in [-0.15, -0.1) is 0 Å². The van der Waals surface area contributed by atoms with E-state index in [-0.39, 0.29) is 12.3 Å². The van der Waals surface area contributed by atoms with Gasteiger partial charge in [0.2, 0.25) is 10.0 Å². The van der Waals surface area contributed by atoms with E-state index in [0.717, 1.165) is 16.3 Å². The Morgan fingerprint density at radius 1 is 1.41 bits per heavy atom. The van der Waals surface area contributed by atoms with Gasteiger partial charge in [-0.3, -0.25) is 4.79 Å². The van der Waals surface area contributed by atoms with Crippen molar-refractivity contribution in [2.75, 3.05) is 13.4 Å². The van der Waals surface area contributed by atoms with Crippen LogP contribution in [-0.2, 0) is 19.6 Å². The molecule has 0 saturated carbocycles. The van der Waals surface area contributed by atoms with Crippen LogP contribution >= 0.6 is 15.9 Å². The number of sulfonamides is 1. The molecule has 0 saturated heterocycles. The normalized spacial score (nSPS) is 13.6. The number of hydrogen-bond donors (Lipinski definition) is 1. The number of hydrogen-bond acceptors (Lipinski definition) is 4. The van der Waals surface area contributed by atoms with Crippen molar-refractivity contribution in [1.29, 1.82) is 0 Å². The number of nitrogens with one attached hydrogen (secondary N) is 1. The van der Waals surface area contributed by atoms with Crippen molar-refractivity contribution >= 4 is 31.9 Å². The van der Waals surface area contributed by atoms with Crippen LogP contribution < -0.4 is 4.72 Å². The van der Waals surface area contributed by atoms with Crippen molar-refractivity contribution in [3.8, 4) is 11.8 Å². The molecular weight excluding hydrogens is 370 g/mol. The Hall–Kier alpha value is -1.36. The summed E-state index contributed by atoms with van der Waals surface area (Å²) in [7, 11) is -2.12. The highest BCUT2D eigenvalue weighted by atomic mass is 79.9. The Bertz CT molecular complexity index is 691. The minimum Gasteiger partial charge on any atom is -0.468 e. The summed E-state index contributed by atoms with van der Waals surface area (Å²) in [5, 5.41) is 0. The number of carbonyl (C=O) groups excluding carboxylic acids is 1. The number of esters is 1. The second kappa shape index (κ2) is 8.32. The Morgan fingerprint density at radius 2 is 2.05 bits per heavy atom. The fourth-order valence-electron chi connectivity index (χ4n) is 1.83. The zero-order chi connectivity index (χ0) is 16.8. The van der Waals surface area contributed by atoms with Crippen LogP contribution in [0.4, 0.5) is 0 Å². The van der Waals surface area contributed by atoms with E-state index in [1.165, 1.54) is 7.11 Å². The molecule has 120 valence electrons. The highest BCUT2D eigenvalue weighted by Gasteiger charge is 2.23. The Kier molecular flexibility index (Phi) is 7.07. The highest BCUT2D eigenvalue weighted by Crippen LogP contribution is 2.28. The maximum atomic E-state index is 11.6. The number of rotatable bonds is 5. The third kappa shape index (κ3) is 6.18. The monoisotopic (exact) mass is 387 g/mol.